The lowest BCUT2D eigenvalue weighted by atomic mass is 9.73. The normalized spacial score (nSPS) is 12.1. The van der Waals surface area contributed by atoms with Gasteiger partial charge in [0.05, 0.1) is 19.6 Å². The average Bonchev–Trinajstić information content (AvgIpc) is 2.74. The number of hydrogen-bond acceptors (Lipinski definition) is 0. The maximum absolute atomic E-state index is 2.33. The Labute approximate surface area is 158 Å². The summed E-state index contributed by atoms with van der Waals surface area (Å²) in [6.07, 6.45) is 0. The first-order valence-corrected chi connectivity index (χ1v) is 9.78. The van der Waals surface area contributed by atoms with Gasteiger partial charge in [0.2, 0.25) is 0 Å². The molecule has 0 saturated heterocycles. The van der Waals surface area contributed by atoms with Gasteiger partial charge in [-0.05, 0) is 20.8 Å². The summed E-state index contributed by atoms with van der Waals surface area (Å²) in [5, 5.41) is 0. The Kier molecular flexibility index (Phi) is 5.58. The lowest BCUT2D eigenvalue weighted by molar-refractivity contribution is -0.967. The van der Waals surface area contributed by atoms with Gasteiger partial charge in [0.1, 0.15) is 0 Å². The molecule has 0 amide bonds. The fourth-order valence-corrected chi connectivity index (χ4v) is 4.74. The Morgan fingerprint density at radius 3 is 1.00 bits per heavy atom. The quantitative estimate of drug-likeness (QED) is 0.372. The highest BCUT2D eigenvalue weighted by molar-refractivity contribution is 5.47. The van der Waals surface area contributed by atoms with Crippen LogP contribution in [0.3, 0.4) is 0 Å². The maximum Gasteiger partial charge on any atom is 0.176 e. The van der Waals surface area contributed by atoms with E-state index in [-0.39, 0.29) is 5.54 Å². The van der Waals surface area contributed by atoms with Crippen LogP contribution in [0.1, 0.15) is 37.5 Å². The van der Waals surface area contributed by atoms with E-state index in [1.54, 1.807) is 0 Å². The van der Waals surface area contributed by atoms with Gasteiger partial charge in [0, 0.05) is 16.7 Å². The first-order valence-electron chi connectivity index (χ1n) is 9.78. The van der Waals surface area contributed by atoms with Crippen molar-refractivity contribution in [2.45, 2.75) is 26.3 Å². The molecule has 0 bridgehead atoms. The largest absolute Gasteiger partial charge is 0.308 e. The molecule has 0 fully saturated rings. The minimum atomic E-state index is -0.220. The number of hydrogen-bond donors (Lipinski definition) is 0. The zero-order valence-electron chi connectivity index (χ0n) is 16.2. The van der Waals surface area contributed by atoms with Crippen molar-refractivity contribution in [3.05, 3.63) is 108 Å². The van der Waals surface area contributed by atoms with E-state index in [1.165, 1.54) is 16.7 Å². The van der Waals surface area contributed by atoms with Gasteiger partial charge in [-0.3, -0.25) is 0 Å². The highest BCUT2D eigenvalue weighted by Crippen LogP contribution is 2.46. The summed E-state index contributed by atoms with van der Waals surface area (Å²) >= 11 is 0. The number of benzene rings is 3. The summed E-state index contributed by atoms with van der Waals surface area (Å²) in [5.74, 6) is 0. The molecule has 0 aliphatic rings. The molecule has 0 spiro atoms. The van der Waals surface area contributed by atoms with Gasteiger partial charge in [0.25, 0.3) is 0 Å². The van der Waals surface area contributed by atoms with E-state index >= 15 is 0 Å². The van der Waals surface area contributed by atoms with Gasteiger partial charge in [-0.2, -0.15) is 0 Å². The molecule has 134 valence electrons. The molecule has 0 atom stereocenters. The molecular weight excluding hydrogens is 314 g/mol. The second-order valence-electron chi connectivity index (χ2n) is 6.90. The van der Waals surface area contributed by atoms with E-state index in [2.05, 4.69) is 112 Å². The van der Waals surface area contributed by atoms with Gasteiger partial charge in [-0.1, -0.05) is 91.0 Å². The van der Waals surface area contributed by atoms with E-state index in [9.17, 15) is 0 Å². The minimum absolute atomic E-state index is 0.220. The van der Waals surface area contributed by atoms with Crippen molar-refractivity contribution in [1.82, 2.24) is 0 Å². The molecule has 0 N–H and O–H groups in total. The fourth-order valence-electron chi connectivity index (χ4n) is 4.74. The molecule has 0 unspecified atom stereocenters. The molecule has 0 aliphatic heterocycles. The van der Waals surface area contributed by atoms with Crippen LogP contribution < -0.4 is 0 Å². The molecule has 3 aromatic carbocycles. The highest BCUT2D eigenvalue weighted by Gasteiger charge is 2.52. The predicted molar refractivity (Wildman–Crippen MR) is 111 cm³/mol. The van der Waals surface area contributed by atoms with Crippen molar-refractivity contribution >= 4 is 0 Å². The highest BCUT2D eigenvalue weighted by atomic mass is 15.4. The summed E-state index contributed by atoms with van der Waals surface area (Å²) in [4.78, 5) is 0. The Morgan fingerprint density at radius 1 is 0.500 bits per heavy atom. The molecule has 0 radical (unpaired) electrons. The molecule has 0 heterocycles. The summed E-state index contributed by atoms with van der Waals surface area (Å²) in [7, 11) is 0. The summed E-state index contributed by atoms with van der Waals surface area (Å²) in [5.41, 5.74) is 3.87. The van der Waals surface area contributed by atoms with Crippen molar-refractivity contribution in [2.24, 2.45) is 0 Å². The van der Waals surface area contributed by atoms with Crippen molar-refractivity contribution in [2.75, 3.05) is 19.6 Å². The number of quaternary nitrogens is 1. The molecule has 0 aromatic heterocycles. The SMILES string of the molecule is CC[N+](CC)(CC)C(c1ccccc1)(c1ccccc1)c1ccccc1. The van der Waals surface area contributed by atoms with Gasteiger partial charge in [-0.25, -0.2) is 0 Å². The number of nitrogens with zero attached hydrogens (tertiary/aromatic N) is 1. The third-order valence-corrected chi connectivity index (χ3v) is 6.10. The molecule has 3 rings (SSSR count). The monoisotopic (exact) mass is 344 g/mol. The molecule has 1 nitrogen and oxygen atoms in total. The Morgan fingerprint density at radius 2 is 0.769 bits per heavy atom. The van der Waals surface area contributed by atoms with Crippen LogP contribution in [0, 0.1) is 0 Å². The van der Waals surface area contributed by atoms with E-state index < -0.39 is 0 Å². The van der Waals surface area contributed by atoms with Gasteiger partial charge >= 0.3 is 0 Å². The first-order chi connectivity index (χ1) is 12.7. The van der Waals surface area contributed by atoms with Crippen LogP contribution in [-0.4, -0.2) is 24.1 Å². The van der Waals surface area contributed by atoms with Crippen LogP contribution in [0.25, 0.3) is 0 Å². The lowest BCUT2D eigenvalue weighted by Gasteiger charge is -2.53. The topological polar surface area (TPSA) is 0 Å². The molecular formula is C25H30N+. The second kappa shape index (κ2) is 7.88. The minimum Gasteiger partial charge on any atom is -0.308 e. The zero-order valence-corrected chi connectivity index (χ0v) is 16.2. The van der Waals surface area contributed by atoms with Crippen LogP contribution in [0.15, 0.2) is 91.0 Å². The van der Waals surface area contributed by atoms with Crippen molar-refractivity contribution < 1.29 is 4.48 Å². The van der Waals surface area contributed by atoms with Crippen molar-refractivity contribution in [3.63, 3.8) is 0 Å². The molecule has 1 heteroatoms. The van der Waals surface area contributed by atoms with Crippen LogP contribution in [0.2, 0.25) is 0 Å². The Balaban J connectivity index is 2.47. The number of rotatable bonds is 7. The molecule has 0 aliphatic carbocycles. The van der Waals surface area contributed by atoms with E-state index in [0.717, 1.165) is 24.1 Å². The average molecular weight is 345 g/mol. The van der Waals surface area contributed by atoms with E-state index in [0.29, 0.717) is 0 Å². The maximum atomic E-state index is 2.33. The van der Waals surface area contributed by atoms with E-state index in [1.807, 2.05) is 0 Å². The van der Waals surface area contributed by atoms with Crippen LogP contribution in [0.5, 0.6) is 0 Å². The Hall–Kier alpha value is -2.38. The first kappa shape index (κ1) is 18.4. The third-order valence-electron chi connectivity index (χ3n) is 6.10. The van der Waals surface area contributed by atoms with Crippen molar-refractivity contribution in [1.29, 1.82) is 0 Å². The van der Waals surface area contributed by atoms with Crippen molar-refractivity contribution in [3.8, 4) is 0 Å². The fraction of sp³-hybridized carbons (Fsp3) is 0.280. The molecule has 3 aromatic rings. The van der Waals surface area contributed by atoms with Gasteiger partial charge < -0.3 is 4.48 Å². The van der Waals surface area contributed by atoms with Crippen LogP contribution >= 0.6 is 0 Å². The van der Waals surface area contributed by atoms with Crippen LogP contribution in [0.4, 0.5) is 0 Å². The van der Waals surface area contributed by atoms with E-state index in [4.69, 9.17) is 0 Å². The molecule has 26 heavy (non-hydrogen) atoms. The second-order valence-corrected chi connectivity index (χ2v) is 6.90. The lowest BCUT2D eigenvalue weighted by Crippen LogP contribution is -2.63. The zero-order chi connectivity index (χ0) is 18.5. The summed E-state index contributed by atoms with van der Waals surface area (Å²) in [6, 6.07) is 33.2. The predicted octanol–water partition coefficient (Wildman–Crippen LogP) is 5.86. The summed E-state index contributed by atoms with van der Waals surface area (Å²) < 4.78 is 0.991. The summed E-state index contributed by atoms with van der Waals surface area (Å²) in [6.45, 7) is 10.2. The molecule has 0 saturated carbocycles. The smallest absolute Gasteiger partial charge is 0.176 e. The third kappa shape index (κ3) is 2.77. The van der Waals surface area contributed by atoms with Gasteiger partial charge in [-0.15, -0.1) is 0 Å². The Bertz CT molecular complexity index is 684. The standard InChI is InChI=1S/C25H30N/c1-4-26(5-2,6-3)25(22-16-10-7-11-17-22,23-18-12-8-13-19-23)24-20-14-9-15-21-24/h7-21H,4-6H2,1-3H3/q+1. The van der Waals surface area contributed by atoms with Crippen LogP contribution in [-0.2, 0) is 5.54 Å². The van der Waals surface area contributed by atoms with Gasteiger partial charge in [0.15, 0.2) is 5.54 Å².